The second kappa shape index (κ2) is 11.5. The van der Waals surface area contributed by atoms with Crippen molar-refractivity contribution in [3.05, 3.63) is 101 Å². The van der Waals surface area contributed by atoms with Crippen LogP contribution in [0.3, 0.4) is 0 Å². The summed E-state index contributed by atoms with van der Waals surface area (Å²) < 4.78 is 10.7. The van der Waals surface area contributed by atoms with Gasteiger partial charge >= 0.3 is 0 Å². The number of anilines is 1. The lowest BCUT2D eigenvalue weighted by molar-refractivity contribution is -0.117. The van der Waals surface area contributed by atoms with Crippen molar-refractivity contribution in [3.8, 4) is 11.5 Å². The van der Waals surface area contributed by atoms with E-state index in [9.17, 15) is 9.59 Å². The van der Waals surface area contributed by atoms with Gasteiger partial charge in [0.25, 0.3) is 11.8 Å². The number of carbonyl (C=O) groups is 2. The van der Waals surface area contributed by atoms with Crippen LogP contribution in [-0.2, 0) is 4.79 Å². The lowest BCUT2D eigenvalue weighted by atomic mass is 10.1. The topological polar surface area (TPSA) is 92.3 Å². The van der Waals surface area contributed by atoms with E-state index >= 15 is 0 Å². The number of amides is 2. The van der Waals surface area contributed by atoms with Crippen LogP contribution >= 0.6 is 0 Å². The van der Waals surface area contributed by atoms with E-state index in [1.165, 1.54) is 6.21 Å². The number of benzene rings is 3. The molecule has 8 nitrogen and oxygen atoms in total. The molecule has 36 heavy (non-hydrogen) atoms. The Morgan fingerprint density at radius 1 is 0.917 bits per heavy atom. The summed E-state index contributed by atoms with van der Waals surface area (Å²) in [5.41, 5.74) is 5.64. The van der Waals surface area contributed by atoms with Crippen molar-refractivity contribution in [1.82, 2.24) is 10.7 Å². The summed E-state index contributed by atoms with van der Waals surface area (Å²) in [6, 6.07) is 21.9. The molecule has 0 unspecified atom stereocenters. The van der Waals surface area contributed by atoms with Crippen molar-refractivity contribution >= 4 is 35.9 Å². The minimum atomic E-state index is -0.552. The Morgan fingerprint density at radius 2 is 1.64 bits per heavy atom. The van der Waals surface area contributed by atoms with Gasteiger partial charge in [-0.3, -0.25) is 9.59 Å². The lowest BCUT2D eigenvalue weighted by Gasteiger charge is -2.12. The van der Waals surface area contributed by atoms with Crippen molar-refractivity contribution in [2.75, 3.05) is 25.8 Å². The lowest BCUT2D eigenvalue weighted by Crippen LogP contribution is -2.32. The molecular weight excluding hydrogens is 456 g/mol. The van der Waals surface area contributed by atoms with Crippen molar-refractivity contribution in [2.24, 2.45) is 5.10 Å². The van der Waals surface area contributed by atoms with Crippen LogP contribution in [0.4, 0.5) is 5.69 Å². The fourth-order valence-electron chi connectivity index (χ4n) is 3.35. The standard InChI is InChI=1S/C28H26N4O4/c1-32(2)23-13-10-21(11-14-23)17-24(30-27(33)22-8-4-3-5-9-22)28(34)31-29-16-6-7-20-12-15-25-26(18-20)36-19-35-25/h3-18H,19H2,1-2H3,(H,30,33)(H,31,34)/b7-6+,24-17+,29-16+. The Hall–Kier alpha value is -4.85. The second-order valence-corrected chi connectivity index (χ2v) is 8.06. The maximum absolute atomic E-state index is 12.9. The van der Waals surface area contributed by atoms with Crippen LogP contribution in [0.1, 0.15) is 21.5 Å². The van der Waals surface area contributed by atoms with Gasteiger partial charge in [-0.25, -0.2) is 5.43 Å². The number of allylic oxidation sites excluding steroid dienone is 1. The predicted octanol–water partition coefficient (Wildman–Crippen LogP) is 4.07. The molecular formula is C28H26N4O4. The van der Waals surface area contributed by atoms with Crippen LogP contribution < -0.4 is 25.1 Å². The van der Waals surface area contributed by atoms with Crippen LogP contribution in [-0.4, -0.2) is 38.9 Å². The van der Waals surface area contributed by atoms with Gasteiger partial charge in [-0.05, 0) is 59.7 Å². The van der Waals surface area contributed by atoms with E-state index in [-0.39, 0.29) is 12.5 Å². The Morgan fingerprint density at radius 3 is 2.39 bits per heavy atom. The average Bonchev–Trinajstić information content (AvgIpc) is 3.37. The first-order valence-corrected chi connectivity index (χ1v) is 11.2. The van der Waals surface area contributed by atoms with Gasteiger partial charge in [-0.2, -0.15) is 5.10 Å². The molecule has 0 saturated carbocycles. The normalized spacial score (nSPS) is 12.7. The van der Waals surface area contributed by atoms with E-state index in [4.69, 9.17) is 9.47 Å². The van der Waals surface area contributed by atoms with Gasteiger partial charge in [0.05, 0.1) is 0 Å². The third kappa shape index (κ3) is 6.38. The van der Waals surface area contributed by atoms with Crippen molar-refractivity contribution in [2.45, 2.75) is 0 Å². The van der Waals surface area contributed by atoms with Crippen molar-refractivity contribution < 1.29 is 19.1 Å². The zero-order valence-electron chi connectivity index (χ0n) is 20.0. The smallest absolute Gasteiger partial charge is 0.287 e. The molecule has 0 radical (unpaired) electrons. The maximum Gasteiger partial charge on any atom is 0.287 e. The molecule has 1 heterocycles. The molecule has 8 heteroatoms. The fraction of sp³-hybridized carbons (Fsp3) is 0.107. The molecule has 2 N–H and O–H groups in total. The number of nitrogens with one attached hydrogen (secondary N) is 2. The summed E-state index contributed by atoms with van der Waals surface area (Å²) in [4.78, 5) is 27.6. The Kier molecular flexibility index (Phi) is 7.77. The first kappa shape index (κ1) is 24.3. The van der Waals surface area contributed by atoms with E-state index in [1.54, 1.807) is 36.4 Å². The molecule has 0 fully saturated rings. The monoisotopic (exact) mass is 482 g/mol. The summed E-state index contributed by atoms with van der Waals surface area (Å²) in [5, 5.41) is 6.66. The number of fused-ring (bicyclic) bond motifs is 1. The van der Waals surface area contributed by atoms with Gasteiger partial charge in [-0.15, -0.1) is 0 Å². The third-order valence-electron chi connectivity index (χ3n) is 5.26. The molecule has 2 amide bonds. The number of rotatable bonds is 8. The van der Waals surface area contributed by atoms with Gasteiger partial charge in [0, 0.05) is 31.6 Å². The highest BCUT2D eigenvalue weighted by atomic mass is 16.7. The molecule has 3 aromatic carbocycles. The molecule has 182 valence electrons. The van der Waals surface area contributed by atoms with Crippen LogP contribution in [0.5, 0.6) is 11.5 Å². The largest absolute Gasteiger partial charge is 0.454 e. The summed E-state index contributed by atoms with van der Waals surface area (Å²) >= 11 is 0. The molecule has 0 spiro atoms. The third-order valence-corrected chi connectivity index (χ3v) is 5.26. The summed E-state index contributed by atoms with van der Waals surface area (Å²) in [6.45, 7) is 0.215. The fourth-order valence-corrected chi connectivity index (χ4v) is 3.35. The predicted molar refractivity (Wildman–Crippen MR) is 141 cm³/mol. The summed E-state index contributed by atoms with van der Waals surface area (Å²) in [6.07, 6.45) is 6.56. The molecule has 0 aromatic heterocycles. The highest BCUT2D eigenvalue weighted by Crippen LogP contribution is 2.32. The average molecular weight is 483 g/mol. The molecule has 1 aliphatic heterocycles. The highest BCUT2D eigenvalue weighted by Gasteiger charge is 2.14. The molecule has 0 atom stereocenters. The van der Waals surface area contributed by atoms with Crippen LogP contribution in [0.15, 0.2) is 89.7 Å². The minimum Gasteiger partial charge on any atom is -0.454 e. The number of carbonyl (C=O) groups excluding carboxylic acids is 2. The number of nitrogens with zero attached hydrogens (tertiary/aromatic N) is 2. The van der Waals surface area contributed by atoms with Crippen molar-refractivity contribution in [1.29, 1.82) is 0 Å². The van der Waals surface area contributed by atoms with E-state index in [0.29, 0.717) is 17.1 Å². The maximum atomic E-state index is 12.9. The van der Waals surface area contributed by atoms with Gasteiger partial charge in [0.2, 0.25) is 6.79 Å². The van der Waals surface area contributed by atoms with E-state index < -0.39 is 11.8 Å². The van der Waals surface area contributed by atoms with E-state index in [2.05, 4.69) is 15.8 Å². The number of ether oxygens (including phenoxy) is 2. The van der Waals surface area contributed by atoms with E-state index in [1.807, 2.05) is 73.6 Å². The zero-order valence-corrected chi connectivity index (χ0v) is 20.0. The number of hydrogen-bond acceptors (Lipinski definition) is 6. The summed E-state index contributed by atoms with van der Waals surface area (Å²) in [7, 11) is 3.89. The quantitative estimate of drug-likeness (QED) is 0.287. The number of hydrazone groups is 1. The first-order valence-electron chi connectivity index (χ1n) is 11.2. The van der Waals surface area contributed by atoms with Crippen LogP contribution in [0, 0.1) is 0 Å². The van der Waals surface area contributed by atoms with Gasteiger partial charge in [0.15, 0.2) is 11.5 Å². The second-order valence-electron chi connectivity index (χ2n) is 8.06. The molecule has 0 bridgehead atoms. The van der Waals surface area contributed by atoms with E-state index in [0.717, 1.165) is 16.8 Å². The summed E-state index contributed by atoms with van der Waals surface area (Å²) in [5.74, 6) is 0.448. The minimum absolute atomic E-state index is 0.0679. The van der Waals surface area contributed by atoms with Crippen LogP contribution in [0.25, 0.3) is 12.2 Å². The number of hydrogen-bond donors (Lipinski definition) is 2. The highest BCUT2D eigenvalue weighted by molar-refractivity contribution is 6.05. The molecule has 3 aromatic rings. The SMILES string of the molecule is CN(C)c1ccc(/C=C(/NC(=O)c2ccccc2)C(=O)N/N=C/C=C/c2ccc3c(c2)OCO3)cc1. The first-order chi connectivity index (χ1) is 17.5. The van der Waals surface area contributed by atoms with Gasteiger partial charge < -0.3 is 19.7 Å². The Balaban J connectivity index is 1.45. The zero-order chi connectivity index (χ0) is 25.3. The molecule has 1 aliphatic rings. The molecule has 4 rings (SSSR count). The molecule has 0 aliphatic carbocycles. The Labute approximate surface area is 209 Å². The van der Waals surface area contributed by atoms with Gasteiger partial charge in [-0.1, -0.05) is 42.5 Å². The molecule has 0 saturated heterocycles. The van der Waals surface area contributed by atoms with Crippen molar-refractivity contribution in [3.63, 3.8) is 0 Å². The van der Waals surface area contributed by atoms with Crippen LogP contribution in [0.2, 0.25) is 0 Å². The van der Waals surface area contributed by atoms with Gasteiger partial charge in [0.1, 0.15) is 5.70 Å². The Bertz CT molecular complexity index is 1310.